The van der Waals surface area contributed by atoms with Crippen LogP contribution >= 0.6 is 0 Å². The smallest absolute Gasteiger partial charge is 0.261 e. The van der Waals surface area contributed by atoms with Crippen molar-refractivity contribution >= 4 is 22.6 Å². The van der Waals surface area contributed by atoms with Gasteiger partial charge in [-0.3, -0.25) is 14.2 Å². The van der Waals surface area contributed by atoms with Gasteiger partial charge in [0.1, 0.15) is 11.9 Å². The van der Waals surface area contributed by atoms with Crippen LogP contribution < -0.4 is 10.9 Å². The van der Waals surface area contributed by atoms with Gasteiger partial charge < -0.3 is 5.32 Å². The van der Waals surface area contributed by atoms with Crippen molar-refractivity contribution in [2.24, 2.45) is 0 Å². The Balaban J connectivity index is 1.96. The average molecular weight is 308 g/mol. The van der Waals surface area contributed by atoms with Crippen LogP contribution in [0.2, 0.25) is 0 Å². The Morgan fingerprint density at radius 1 is 1.17 bits per heavy atom. The van der Waals surface area contributed by atoms with Crippen LogP contribution in [0.15, 0.2) is 59.8 Å². The molecule has 1 atom stereocenters. The highest BCUT2D eigenvalue weighted by Gasteiger charge is 2.21. The second-order valence-corrected chi connectivity index (χ2v) is 5.10. The molecule has 0 saturated carbocycles. The molecule has 0 saturated heterocycles. The first-order valence-electron chi connectivity index (χ1n) is 7.38. The Kier molecular flexibility index (Phi) is 4.14. The van der Waals surface area contributed by atoms with Crippen molar-refractivity contribution in [3.63, 3.8) is 0 Å². The van der Waals surface area contributed by atoms with E-state index in [0.29, 0.717) is 23.1 Å². The molecule has 0 radical (unpaired) electrons. The van der Waals surface area contributed by atoms with Crippen LogP contribution in [-0.4, -0.2) is 20.4 Å². The molecule has 116 valence electrons. The summed E-state index contributed by atoms with van der Waals surface area (Å²) < 4.78 is 1.38. The average Bonchev–Trinajstić information content (AvgIpc) is 2.58. The Bertz CT molecular complexity index is 890. The van der Waals surface area contributed by atoms with Gasteiger partial charge in [-0.05, 0) is 30.7 Å². The number of benzene rings is 1. The monoisotopic (exact) mass is 308 g/mol. The fourth-order valence-corrected chi connectivity index (χ4v) is 2.46. The summed E-state index contributed by atoms with van der Waals surface area (Å²) in [7, 11) is 0. The van der Waals surface area contributed by atoms with Crippen LogP contribution in [0.5, 0.6) is 0 Å². The minimum absolute atomic E-state index is 0.223. The van der Waals surface area contributed by atoms with Gasteiger partial charge in [0.2, 0.25) is 5.91 Å². The van der Waals surface area contributed by atoms with Gasteiger partial charge in [-0.25, -0.2) is 9.97 Å². The first-order chi connectivity index (χ1) is 11.2. The number of anilines is 1. The number of carbonyl (C=O) groups is 1. The molecule has 0 bridgehead atoms. The predicted molar refractivity (Wildman–Crippen MR) is 88.2 cm³/mol. The van der Waals surface area contributed by atoms with Gasteiger partial charge in [0.15, 0.2) is 0 Å². The third-order valence-electron chi connectivity index (χ3n) is 3.63. The molecule has 6 nitrogen and oxygen atoms in total. The molecule has 2 heterocycles. The van der Waals surface area contributed by atoms with E-state index >= 15 is 0 Å². The number of nitrogens with zero attached hydrogens (tertiary/aromatic N) is 3. The van der Waals surface area contributed by atoms with E-state index < -0.39 is 6.04 Å². The second kappa shape index (κ2) is 6.39. The maximum atomic E-state index is 12.6. The first kappa shape index (κ1) is 14.9. The van der Waals surface area contributed by atoms with E-state index in [1.807, 2.05) is 13.0 Å². The summed E-state index contributed by atoms with van der Waals surface area (Å²) in [6.45, 7) is 1.85. The number of nitrogens with one attached hydrogen (secondary N) is 1. The molecule has 0 fully saturated rings. The number of carbonyl (C=O) groups excluding carboxylic acids is 1. The molecule has 0 spiro atoms. The normalized spacial score (nSPS) is 12.0. The maximum absolute atomic E-state index is 12.6. The number of hydrogen-bond acceptors (Lipinski definition) is 4. The maximum Gasteiger partial charge on any atom is 0.261 e. The largest absolute Gasteiger partial charge is 0.309 e. The van der Waals surface area contributed by atoms with Gasteiger partial charge in [0.25, 0.3) is 5.56 Å². The van der Waals surface area contributed by atoms with E-state index in [-0.39, 0.29) is 11.5 Å². The summed E-state index contributed by atoms with van der Waals surface area (Å²) >= 11 is 0. The molecule has 1 unspecified atom stereocenters. The van der Waals surface area contributed by atoms with E-state index in [0.717, 1.165) is 0 Å². The van der Waals surface area contributed by atoms with Crippen molar-refractivity contribution in [2.75, 3.05) is 5.32 Å². The van der Waals surface area contributed by atoms with Gasteiger partial charge in [-0.15, -0.1) is 0 Å². The summed E-state index contributed by atoms with van der Waals surface area (Å²) in [6.07, 6.45) is 3.50. The van der Waals surface area contributed by atoms with Crippen molar-refractivity contribution < 1.29 is 4.79 Å². The number of fused-ring (bicyclic) bond motifs is 1. The van der Waals surface area contributed by atoms with Gasteiger partial charge in [0, 0.05) is 6.20 Å². The molecule has 1 N–H and O–H groups in total. The van der Waals surface area contributed by atoms with Crippen molar-refractivity contribution in [1.82, 2.24) is 14.5 Å². The SMILES string of the molecule is CCC(C(=O)Nc1ccccn1)n1cnc2ccccc2c1=O. The van der Waals surface area contributed by atoms with Gasteiger partial charge in [0.05, 0.1) is 17.2 Å². The lowest BCUT2D eigenvalue weighted by molar-refractivity contribution is -0.119. The summed E-state index contributed by atoms with van der Waals surface area (Å²) in [6, 6.07) is 11.7. The van der Waals surface area contributed by atoms with Crippen molar-refractivity contribution in [3.8, 4) is 0 Å². The van der Waals surface area contributed by atoms with Crippen LogP contribution in [0, 0.1) is 0 Å². The molecular formula is C17H16N4O2. The van der Waals surface area contributed by atoms with Crippen LogP contribution in [0.1, 0.15) is 19.4 Å². The van der Waals surface area contributed by atoms with Crippen molar-refractivity contribution in [2.45, 2.75) is 19.4 Å². The number of rotatable bonds is 4. The van der Waals surface area contributed by atoms with Gasteiger partial charge >= 0.3 is 0 Å². The lowest BCUT2D eigenvalue weighted by atomic mass is 10.2. The minimum Gasteiger partial charge on any atom is -0.309 e. The summed E-state index contributed by atoms with van der Waals surface area (Å²) in [5.41, 5.74) is 0.396. The molecule has 2 aromatic heterocycles. The Hall–Kier alpha value is -3.02. The number of aromatic nitrogens is 3. The van der Waals surface area contributed by atoms with E-state index in [2.05, 4.69) is 15.3 Å². The van der Waals surface area contributed by atoms with E-state index in [4.69, 9.17) is 0 Å². The highest BCUT2D eigenvalue weighted by molar-refractivity contribution is 5.93. The Morgan fingerprint density at radius 3 is 2.70 bits per heavy atom. The standard InChI is InChI=1S/C17H16N4O2/c1-2-14(16(22)20-15-9-5-6-10-18-15)21-11-19-13-8-4-3-7-12(13)17(21)23/h3-11,14H,2H2,1H3,(H,18,20,22). The number of hydrogen-bond donors (Lipinski definition) is 1. The zero-order chi connectivity index (χ0) is 16.2. The van der Waals surface area contributed by atoms with E-state index in [1.54, 1.807) is 42.6 Å². The lowest BCUT2D eigenvalue weighted by Crippen LogP contribution is -2.33. The fourth-order valence-electron chi connectivity index (χ4n) is 2.46. The lowest BCUT2D eigenvalue weighted by Gasteiger charge is -2.17. The zero-order valence-electron chi connectivity index (χ0n) is 12.6. The molecule has 0 aliphatic heterocycles. The molecule has 0 aliphatic rings. The zero-order valence-corrected chi connectivity index (χ0v) is 12.6. The molecule has 3 aromatic rings. The van der Waals surface area contributed by atoms with Gasteiger partial charge in [-0.1, -0.05) is 25.1 Å². The topological polar surface area (TPSA) is 76.9 Å². The molecule has 3 rings (SSSR count). The molecule has 1 amide bonds. The minimum atomic E-state index is -0.637. The van der Waals surface area contributed by atoms with Crippen LogP contribution in [-0.2, 0) is 4.79 Å². The Morgan fingerprint density at radius 2 is 1.96 bits per heavy atom. The van der Waals surface area contributed by atoms with Gasteiger partial charge in [-0.2, -0.15) is 0 Å². The quantitative estimate of drug-likeness (QED) is 0.803. The summed E-state index contributed by atoms with van der Waals surface area (Å²) in [5.74, 6) is 0.170. The third-order valence-corrected chi connectivity index (χ3v) is 3.63. The number of amides is 1. The first-order valence-corrected chi connectivity index (χ1v) is 7.38. The van der Waals surface area contributed by atoms with Crippen LogP contribution in [0.25, 0.3) is 10.9 Å². The molecule has 23 heavy (non-hydrogen) atoms. The highest BCUT2D eigenvalue weighted by atomic mass is 16.2. The molecular weight excluding hydrogens is 292 g/mol. The number of para-hydroxylation sites is 1. The highest BCUT2D eigenvalue weighted by Crippen LogP contribution is 2.14. The number of pyridine rings is 1. The Labute approximate surface area is 132 Å². The summed E-state index contributed by atoms with van der Waals surface area (Å²) in [4.78, 5) is 33.4. The van der Waals surface area contributed by atoms with Crippen LogP contribution in [0.3, 0.4) is 0 Å². The van der Waals surface area contributed by atoms with E-state index in [9.17, 15) is 9.59 Å². The summed E-state index contributed by atoms with van der Waals surface area (Å²) in [5, 5.41) is 3.23. The van der Waals surface area contributed by atoms with Crippen LogP contribution in [0.4, 0.5) is 5.82 Å². The molecule has 1 aromatic carbocycles. The third kappa shape index (κ3) is 2.96. The van der Waals surface area contributed by atoms with Crippen molar-refractivity contribution in [3.05, 3.63) is 65.3 Å². The predicted octanol–water partition coefficient (Wildman–Crippen LogP) is 2.38. The van der Waals surface area contributed by atoms with E-state index in [1.165, 1.54) is 10.9 Å². The second-order valence-electron chi connectivity index (χ2n) is 5.10. The molecule has 0 aliphatic carbocycles. The fraction of sp³-hybridized carbons (Fsp3) is 0.176. The van der Waals surface area contributed by atoms with Crippen molar-refractivity contribution in [1.29, 1.82) is 0 Å². The molecule has 6 heteroatoms.